The van der Waals surface area contributed by atoms with Crippen LogP contribution < -0.4 is 14.8 Å². The lowest BCUT2D eigenvalue weighted by atomic mass is 10.1. The Hall–Kier alpha value is -2.83. The molecule has 0 amide bonds. The molecule has 0 bridgehead atoms. The van der Waals surface area contributed by atoms with Crippen LogP contribution >= 0.6 is 0 Å². The van der Waals surface area contributed by atoms with Gasteiger partial charge in [0.2, 0.25) is 0 Å². The van der Waals surface area contributed by atoms with Crippen molar-refractivity contribution in [1.82, 2.24) is 9.97 Å². The smallest absolute Gasteiger partial charge is 0.309 e. The van der Waals surface area contributed by atoms with Gasteiger partial charge in [-0.2, -0.15) is 0 Å². The number of nitrogens with one attached hydrogen (secondary N) is 1. The monoisotopic (exact) mass is 317 g/mol. The summed E-state index contributed by atoms with van der Waals surface area (Å²) in [4.78, 5) is 18.7. The van der Waals surface area contributed by atoms with E-state index < -0.39 is 5.97 Å². The maximum atomic E-state index is 10.7. The summed E-state index contributed by atoms with van der Waals surface area (Å²) in [7, 11) is 3.20. The molecule has 0 saturated carbocycles. The fraction of sp³-hybridized carbons (Fsp3) is 0.312. The van der Waals surface area contributed by atoms with E-state index in [0.717, 1.165) is 12.0 Å². The summed E-state index contributed by atoms with van der Waals surface area (Å²) in [5.41, 5.74) is 1.57. The quantitative estimate of drug-likeness (QED) is 0.766. The Morgan fingerprint density at radius 1 is 1.17 bits per heavy atom. The number of carboxylic acid groups (broad SMARTS) is 1. The molecule has 0 radical (unpaired) electrons. The molecule has 0 saturated heterocycles. The molecule has 1 heterocycles. The first-order chi connectivity index (χ1) is 11.1. The second kappa shape index (κ2) is 7.98. The Kier molecular flexibility index (Phi) is 5.74. The average molecular weight is 317 g/mol. The fourth-order valence-corrected chi connectivity index (χ4v) is 2.12. The number of aromatic nitrogens is 2. The predicted molar refractivity (Wildman–Crippen MR) is 85.1 cm³/mol. The average Bonchev–Trinajstić information content (AvgIpc) is 2.54. The van der Waals surface area contributed by atoms with Gasteiger partial charge in [-0.3, -0.25) is 4.79 Å². The van der Waals surface area contributed by atoms with Crippen LogP contribution in [-0.2, 0) is 17.6 Å². The Balaban J connectivity index is 1.93. The van der Waals surface area contributed by atoms with Crippen LogP contribution in [0.25, 0.3) is 0 Å². The van der Waals surface area contributed by atoms with Gasteiger partial charge in [-0.05, 0) is 24.1 Å². The number of carboxylic acids is 1. The maximum Gasteiger partial charge on any atom is 0.309 e. The molecule has 0 aliphatic heterocycles. The van der Waals surface area contributed by atoms with Gasteiger partial charge in [-0.25, -0.2) is 9.97 Å². The summed E-state index contributed by atoms with van der Waals surface area (Å²) >= 11 is 0. The number of carbonyl (C=O) groups is 1. The molecule has 0 aliphatic carbocycles. The molecule has 0 spiro atoms. The van der Waals surface area contributed by atoms with Crippen molar-refractivity contribution in [2.75, 3.05) is 26.1 Å². The third-order valence-electron chi connectivity index (χ3n) is 3.22. The minimum absolute atomic E-state index is 0.118. The zero-order valence-corrected chi connectivity index (χ0v) is 13.1. The number of anilines is 1. The molecule has 0 unspecified atom stereocenters. The number of hydrogen-bond donors (Lipinski definition) is 2. The van der Waals surface area contributed by atoms with E-state index in [0.29, 0.717) is 29.6 Å². The van der Waals surface area contributed by atoms with E-state index in [4.69, 9.17) is 14.6 Å². The minimum atomic E-state index is -0.917. The van der Waals surface area contributed by atoms with Gasteiger partial charge in [0.15, 0.2) is 11.5 Å². The van der Waals surface area contributed by atoms with E-state index in [1.807, 2.05) is 18.2 Å². The fourth-order valence-electron chi connectivity index (χ4n) is 2.12. The van der Waals surface area contributed by atoms with Crippen LogP contribution in [0.5, 0.6) is 11.5 Å². The highest BCUT2D eigenvalue weighted by molar-refractivity contribution is 5.69. The minimum Gasteiger partial charge on any atom is -0.493 e. The van der Waals surface area contributed by atoms with Crippen molar-refractivity contribution in [2.45, 2.75) is 12.8 Å². The van der Waals surface area contributed by atoms with E-state index in [1.165, 1.54) is 6.33 Å². The van der Waals surface area contributed by atoms with Crippen molar-refractivity contribution in [2.24, 2.45) is 0 Å². The van der Waals surface area contributed by atoms with Crippen LogP contribution in [-0.4, -0.2) is 41.8 Å². The van der Waals surface area contributed by atoms with Gasteiger partial charge in [0.25, 0.3) is 0 Å². The van der Waals surface area contributed by atoms with Crippen molar-refractivity contribution in [1.29, 1.82) is 0 Å². The highest BCUT2D eigenvalue weighted by Crippen LogP contribution is 2.27. The molecule has 2 aromatic rings. The molecule has 1 aromatic carbocycles. The SMILES string of the molecule is COc1ccc(CCNc2cc(CC(=O)O)ncn2)cc1OC. The zero-order chi connectivity index (χ0) is 16.7. The van der Waals surface area contributed by atoms with E-state index >= 15 is 0 Å². The van der Waals surface area contributed by atoms with Gasteiger partial charge in [0.1, 0.15) is 12.1 Å². The summed E-state index contributed by atoms with van der Waals surface area (Å²) in [5, 5.41) is 11.9. The lowest BCUT2D eigenvalue weighted by Crippen LogP contribution is -2.09. The molecule has 2 rings (SSSR count). The molecule has 7 heteroatoms. The highest BCUT2D eigenvalue weighted by atomic mass is 16.5. The summed E-state index contributed by atoms with van der Waals surface area (Å²) < 4.78 is 10.5. The van der Waals surface area contributed by atoms with Crippen LogP contribution in [0.4, 0.5) is 5.82 Å². The van der Waals surface area contributed by atoms with Gasteiger partial charge in [0.05, 0.1) is 26.3 Å². The van der Waals surface area contributed by atoms with Gasteiger partial charge >= 0.3 is 5.97 Å². The van der Waals surface area contributed by atoms with E-state index in [2.05, 4.69) is 15.3 Å². The third-order valence-corrected chi connectivity index (χ3v) is 3.22. The number of hydrogen-bond acceptors (Lipinski definition) is 6. The molecular weight excluding hydrogens is 298 g/mol. The van der Waals surface area contributed by atoms with Gasteiger partial charge < -0.3 is 19.9 Å². The van der Waals surface area contributed by atoms with Crippen molar-refractivity contribution >= 4 is 11.8 Å². The molecule has 0 atom stereocenters. The molecule has 0 fully saturated rings. The van der Waals surface area contributed by atoms with E-state index in [-0.39, 0.29) is 6.42 Å². The normalized spacial score (nSPS) is 10.2. The first-order valence-corrected chi connectivity index (χ1v) is 7.10. The molecule has 2 N–H and O–H groups in total. The highest BCUT2D eigenvalue weighted by Gasteiger charge is 2.06. The van der Waals surface area contributed by atoms with E-state index in [9.17, 15) is 4.79 Å². The number of aliphatic carboxylic acids is 1. The summed E-state index contributed by atoms with van der Waals surface area (Å²) in [6.45, 7) is 0.652. The Morgan fingerprint density at radius 2 is 1.96 bits per heavy atom. The largest absolute Gasteiger partial charge is 0.493 e. The van der Waals surface area contributed by atoms with Crippen LogP contribution in [0.2, 0.25) is 0 Å². The second-order valence-corrected chi connectivity index (χ2v) is 4.83. The molecule has 1 aromatic heterocycles. The van der Waals surface area contributed by atoms with Gasteiger partial charge in [-0.1, -0.05) is 6.07 Å². The number of nitrogens with zero attached hydrogens (tertiary/aromatic N) is 2. The summed E-state index contributed by atoms with van der Waals surface area (Å²) in [5.74, 6) is 1.07. The van der Waals surface area contributed by atoms with Crippen molar-refractivity contribution in [3.05, 3.63) is 41.9 Å². The van der Waals surface area contributed by atoms with Crippen molar-refractivity contribution in [3.8, 4) is 11.5 Å². The molecule has 23 heavy (non-hydrogen) atoms. The predicted octanol–water partition coefficient (Wildman–Crippen LogP) is 1.78. The topological polar surface area (TPSA) is 93.6 Å². The van der Waals surface area contributed by atoms with Crippen LogP contribution in [0.3, 0.4) is 0 Å². The number of benzene rings is 1. The molecular formula is C16H19N3O4. The van der Waals surface area contributed by atoms with Crippen molar-refractivity contribution < 1.29 is 19.4 Å². The number of rotatable bonds is 8. The standard InChI is InChI=1S/C16H19N3O4/c1-22-13-4-3-11(7-14(13)23-2)5-6-17-15-8-12(9-16(20)21)18-10-19-15/h3-4,7-8,10H,5-6,9H2,1-2H3,(H,20,21)(H,17,18,19). The van der Waals surface area contributed by atoms with Crippen LogP contribution in [0.1, 0.15) is 11.3 Å². The third kappa shape index (κ3) is 4.84. The summed E-state index contributed by atoms with van der Waals surface area (Å²) in [6, 6.07) is 7.40. The van der Waals surface area contributed by atoms with Crippen LogP contribution in [0, 0.1) is 0 Å². The number of ether oxygens (including phenoxy) is 2. The Morgan fingerprint density at radius 3 is 2.65 bits per heavy atom. The molecule has 122 valence electrons. The number of methoxy groups -OCH3 is 2. The molecule has 7 nitrogen and oxygen atoms in total. The first kappa shape index (κ1) is 16.5. The van der Waals surface area contributed by atoms with E-state index in [1.54, 1.807) is 20.3 Å². The lowest BCUT2D eigenvalue weighted by molar-refractivity contribution is -0.136. The second-order valence-electron chi connectivity index (χ2n) is 4.83. The van der Waals surface area contributed by atoms with Crippen LogP contribution in [0.15, 0.2) is 30.6 Å². The van der Waals surface area contributed by atoms with Crippen molar-refractivity contribution in [3.63, 3.8) is 0 Å². The Bertz CT molecular complexity index is 676. The Labute approximate surface area is 134 Å². The molecule has 0 aliphatic rings. The first-order valence-electron chi connectivity index (χ1n) is 7.10. The summed E-state index contributed by atoms with van der Waals surface area (Å²) in [6.07, 6.45) is 2.00. The van der Waals surface area contributed by atoms with Gasteiger partial charge in [-0.15, -0.1) is 0 Å². The zero-order valence-electron chi connectivity index (χ0n) is 13.1. The lowest BCUT2D eigenvalue weighted by Gasteiger charge is -2.10. The van der Waals surface area contributed by atoms with Gasteiger partial charge in [0, 0.05) is 12.6 Å². The maximum absolute atomic E-state index is 10.7.